The Morgan fingerprint density at radius 2 is 1.22 bits per heavy atom. The second kappa shape index (κ2) is 17.4. The summed E-state index contributed by atoms with van der Waals surface area (Å²) >= 11 is 6.83. The first-order chi connectivity index (χ1) is 27.8. The molecule has 304 valence electrons. The summed E-state index contributed by atoms with van der Waals surface area (Å²) in [5.74, 6) is 0.734. The first kappa shape index (κ1) is 41.1. The summed E-state index contributed by atoms with van der Waals surface area (Å²) in [6, 6.07) is 8.83. The van der Waals surface area contributed by atoms with Gasteiger partial charge in [0.25, 0.3) is 0 Å². The molecule has 0 amide bonds. The number of morpholine rings is 1. The van der Waals surface area contributed by atoms with Crippen LogP contribution in [-0.2, 0) is 14.8 Å². The van der Waals surface area contributed by atoms with Crippen LogP contribution in [-0.4, -0.2) is 98.2 Å². The number of nitrogens with two attached hydrogens (primary N) is 1. The number of aromatic nitrogens is 6. The number of hydrogen-bond acceptors (Lipinski definition) is 14. The highest BCUT2D eigenvalue weighted by molar-refractivity contribution is 9.11. The molecule has 2 aromatic carbocycles. The number of nitrogens with one attached hydrogen (secondary N) is 1. The fourth-order valence-corrected chi connectivity index (χ4v) is 8.25. The van der Waals surface area contributed by atoms with Gasteiger partial charge in [0.15, 0.2) is 0 Å². The third-order valence-corrected chi connectivity index (χ3v) is 11.1. The molecular weight excluding hydrogens is 906 g/mol. The van der Waals surface area contributed by atoms with Crippen molar-refractivity contribution >= 4 is 87.0 Å². The molecule has 2 aliphatic rings. The van der Waals surface area contributed by atoms with E-state index >= 15 is 0 Å². The maximum Gasteiger partial charge on any atom is 0.238 e. The topological polar surface area (TPSA) is 184 Å². The molecule has 2 aliphatic heterocycles. The van der Waals surface area contributed by atoms with Crippen molar-refractivity contribution in [3.63, 3.8) is 0 Å². The first-order valence-electron chi connectivity index (χ1n) is 18.0. The van der Waals surface area contributed by atoms with E-state index in [4.69, 9.17) is 29.9 Å². The third kappa shape index (κ3) is 9.14. The molecule has 6 aromatic rings. The third-order valence-electron chi connectivity index (χ3n) is 9.31. The predicted molar refractivity (Wildman–Crippen MR) is 226 cm³/mol. The molecule has 2 fully saturated rings. The van der Waals surface area contributed by atoms with Crippen molar-refractivity contribution in [1.82, 2.24) is 29.9 Å². The Morgan fingerprint density at radius 1 is 0.724 bits per heavy atom. The minimum absolute atomic E-state index is 0.121. The molecule has 4 aromatic heterocycles. The van der Waals surface area contributed by atoms with Gasteiger partial charge in [0.1, 0.15) is 17.3 Å². The molecule has 0 unspecified atom stereocenters. The highest BCUT2D eigenvalue weighted by Crippen LogP contribution is 2.37. The van der Waals surface area contributed by atoms with E-state index in [2.05, 4.69) is 61.4 Å². The molecule has 3 N–H and O–H groups in total. The summed E-state index contributed by atoms with van der Waals surface area (Å²) in [4.78, 5) is 31.4. The van der Waals surface area contributed by atoms with Gasteiger partial charge >= 0.3 is 0 Å². The SMILES string of the molecule is COc1ncc(-c2nc(N3CCCCC3)nc3c(Br)cc(F)cc23)cc1NS(C)(=O)=O.COc1ncc(-c2nc(N3CCOCC3)nc3c(Br)cc(F)cc23)cc1N. The largest absolute Gasteiger partial charge is 0.480 e. The zero-order valence-corrected chi connectivity index (χ0v) is 35.6. The highest BCUT2D eigenvalue weighted by atomic mass is 79.9. The number of hydrogen-bond donors (Lipinski definition) is 2. The molecule has 0 atom stereocenters. The van der Waals surface area contributed by atoms with Crippen molar-refractivity contribution in [3.8, 4) is 34.3 Å². The van der Waals surface area contributed by atoms with Gasteiger partial charge < -0.3 is 29.7 Å². The molecule has 0 spiro atoms. The summed E-state index contributed by atoms with van der Waals surface area (Å²) < 4.78 is 71.1. The lowest BCUT2D eigenvalue weighted by Gasteiger charge is -2.27. The molecule has 0 bridgehead atoms. The molecule has 6 heterocycles. The molecule has 20 heteroatoms. The first-order valence-corrected chi connectivity index (χ1v) is 21.5. The lowest BCUT2D eigenvalue weighted by molar-refractivity contribution is 0.122. The lowest BCUT2D eigenvalue weighted by atomic mass is 10.1. The van der Waals surface area contributed by atoms with Crippen LogP contribution >= 0.6 is 31.9 Å². The fourth-order valence-electron chi connectivity index (χ4n) is 6.66. The Labute approximate surface area is 349 Å². The number of nitrogens with zero attached hydrogens (tertiary/aromatic N) is 8. The second-order valence-corrected chi connectivity index (χ2v) is 16.9. The van der Waals surface area contributed by atoms with E-state index in [0.29, 0.717) is 103 Å². The number of halogens is 4. The van der Waals surface area contributed by atoms with Crippen LogP contribution in [0, 0.1) is 11.6 Å². The number of piperidine rings is 1. The Hall–Kier alpha value is -5.05. The summed E-state index contributed by atoms with van der Waals surface area (Å²) in [6.45, 7) is 4.27. The van der Waals surface area contributed by atoms with Crippen LogP contribution in [0.15, 0.2) is 57.7 Å². The molecule has 0 saturated carbocycles. The van der Waals surface area contributed by atoms with E-state index in [1.165, 1.54) is 44.7 Å². The van der Waals surface area contributed by atoms with Crippen molar-refractivity contribution in [2.75, 3.05) is 80.1 Å². The van der Waals surface area contributed by atoms with Crippen molar-refractivity contribution in [3.05, 3.63) is 69.4 Å². The normalized spacial score (nSPS) is 14.6. The van der Waals surface area contributed by atoms with Crippen LogP contribution in [0.25, 0.3) is 44.3 Å². The van der Waals surface area contributed by atoms with E-state index in [1.807, 2.05) is 4.90 Å². The number of fused-ring (bicyclic) bond motifs is 2. The van der Waals surface area contributed by atoms with Crippen LogP contribution in [0.5, 0.6) is 11.8 Å². The monoisotopic (exact) mass is 942 g/mol. The number of nitrogen functional groups attached to an aromatic ring is 1. The number of pyridine rings is 2. The Kier molecular flexibility index (Phi) is 12.4. The van der Waals surface area contributed by atoms with Crippen LogP contribution in [0.1, 0.15) is 19.3 Å². The average Bonchev–Trinajstić information content (AvgIpc) is 3.20. The van der Waals surface area contributed by atoms with Crippen LogP contribution in [0.3, 0.4) is 0 Å². The van der Waals surface area contributed by atoms with Crippen molar-refractivity contribution in [1.29, 1.82) is 0 Å². The smallest absolute Gasteiger partial charge is 0.238 e. The van der Waals surface area contributed by atoms with E-state index in [1.54, 1.807) is 18.3 Å². The van der Waals surface area contributed by atoms with Crippen molar-refractivity contribution in [2.45, 2.75) is 19.3 Å². The van der Waals surface area contributed by atoms with Gasteiger partial charge in [-0.1, -0.05) is 0 Å². The second-order valence-electron chi connectivity index (χ2n) is 13.4. The van der Waals surface area contributed by atoms with Crippen molar-refractivity contribution < 1.29 is 31.4 Å². The average molecular weight is 945 g/mol. The van der Waals surface area contributed by atoms with Gasteiger partial charge in [0, 0.05) is 69.4 Å². The van der Waals surface area contributed by atoms with Crippen LogP contribution in [0.2, 0.25) is 0 Å². The van der Waals surface area contributed by atoms with Crippen LogP contribution in [0.4, 0.5) is 32.1 Å². The molecule has 2 saturated heterocycles. The lowest BCUT2D eigenvalue weighted by Crippen LogP contribution is -2.37. The molecule has 0 radical (unpaired) electrons. The van der Waals surface area contributed by atoms with Crippen LogP contribution < -0.4 is 29.7 Å². The summed E-state index contributed by atoms with van der Waals surface area (Å²) in [6.07, 6.45) is 7.43. The zero-order chi connectivity index (χ0) is 41.1. The van der Waals surface area contributed by atoms with E-state index < -0.39 is 15.8 Å². The molecule has 58 heavy (non-hydrogen) atoms. The number of rotatable bonds is 8. The van der Waals surface area contributed by atoms with Gasteiger partial charge in [-0.3, -0.25) is 4.72 Å². The minimum Gasteiger partial charge on any atom is -0.480 e. The maximum atomic E-state index is 14.2. The Morgan fingerprint density at radius 3 is 1.72 bits per heavy atom. The molecule has 8 rings (SSSR count). The van der Waals surface area contributed by atoms with E-state index in [0.717, 1.165) is 38.6 Å². The van der Waals surface area contributed by atoms with E-state index in [9.17, 15) is 17.2 Å². The predicted octanol–water partition coefficient (Wildman–Crippen LogP) is 6.98. The molecule has 0 aliphatic carbocycles. The van der Waals surface area contributed by atoms with Gasteiger partial charge in [-0.25, -0.2) is 47.1 Å². The Balaban J connectivity index is 0.000000178. The summed E-state index contributed by atoms with van der Waals surface area (Å²) in [5, 5.41) is 1.06. The summed E-state index contributed by atoms with van der Waals surface area (Å²) in [7, 11) is -0.668. The Bertz CT molecular complexity index is 2620. The standard InChI is InChI=1S/C20H21BrFN5O3S.C18H17BrFN5O2/c1-30-19-16(26-31(2,28)29)8-12(11-23-19)17-14-9-13(22)10-15(21)18(14)25-20(24-17)27-6-4-3-5-7-27;1-26-17-14(21)6-10(9-22-17)15-12-7-11(20)8-13(19)16(12)24-18(23-15)25-2-4-27-5-3-25/h8-11,26H,3-7H2,1-2H3;6-9H,2-5,21H2,1H3. The van der Waals surface area contributed by atoms with Gasteiger partial charge in [-0.15, -0.1) is 0 Å². The number of sulfonamides is 1. The zero-order valence-electron chi connectivity index (χ0n) is 31.6. The highest BCUT2D eigenvalue weighted by Gasteiger charge is 2.22. The minimum atomic E-state index is -3.57. The van der Waals surface area contributed by atoms with Crippen molar-refractivity contribution in [2.24, 2.45) is 0 Å². The summed E-state index contributed by atoms with van der Waals surface area (Å²) in [5.41, 5.74) is 9.94. The van der Waals surface area contributed by atoms with Gasteiger partial charge in [0.2, 0.25) is 33.7 Å². The van der Waals surface area contributed by atoms with Gasteiger partial charge in [0.05, 0.1) is 61.8 Å². The quantitative estimate of drug-likeness (QED) is 0.159. The number of anilines is 4. The molecule has 15 nitrogen and oxygen atoms in total. The van der Waals surface area contributed by atoms with Gasteiger partial charge in [-0.2, -0.15) is 0 Å². The maximum absolute atomic E-state index is 14.2. The fraction of sp³-hybridized carbons (Fsp3) is 0.316. The molecular formula is C38H38Br2F2N10O5S. The van der Waals surface area contributed by atoms with E-state index in [-0.39, 0.29) is 17.4 Å². The number of ether oxygens (including phenoxy) is 3. The number of methoxy groups -OCH3 is 2. The number of benzene rings is 2. The van der Waals surface area contributed by atoms with Gasteiger partial charge in [-0.05, 0) is 87.5 Å².